The van der Waals surface area contributed by atoms with Crippen LogP contribution in [0.4, 0.5) is 5.69 Å². The van der Waals surface area contributed by atoms with E-state index in [9.17, 15) is 13.2 Å². The van der Waals surface area contributed by atoms with E-state index < -0.39 is 10.0 Å². The number of hydrogen-bond acceptors (Lipinski definition) is 5. The summed E-state index contributed by atoms with van der Waals surface area (Å²) >= 11 is 0. The average molecular weight is 413 g/mol. The van der Waals surface area contributed by atoms with Gasteiger partial charge in [0.15, 0.2) is 0 Å². The van der Waals surface area contributed by atoms with Gasteiger partial charge in [0.2, 0.25) is 10.0 Å². The fourth-order valence-corrected chi connectivity index (χ4v) is 4.64. The molecule has 0 unspecified atom stereocenters. The highest BCUT2D eigenvalue weighted by atomic mass is 32.2. The number of benzene rings is 2. The molecule has 1 heterocycles. The van der Waals surface area contributed by atoms with E-state index in [4.69, 9.17) is 5.26 Å². The Hall–Kier alpha value is -2.73. The second-order valence-electron chi connectivity index (χ2n) is 7.14. The van der Waals surface area contributed by atoms with Gasteiger partial charge < -0.3 is 10.2 Å². The summed E-state index contributed by atoms with van der Waals surface area (Å²) in [6, 6.07) is 15.8. The Morgan fingerprint density at radius 2 is 1.59 bits per heavy atom. The molecule has 3 rings (SSSR count). The predicted molar refractivity (Wildman–Crippen MR) is 112 cm³/mol. The van der Waals surface area contributed by atoms with Gasteiger partial charge >= 0.3 is 0 Å². The Bertz CT molecular complexity index is 988. The number of carbonyl (C=O) groups excluding carboxylic acids is 1. The summed E-state index contributed by atoms with van der Waals surface area (Å²) < 4.78 is 26.7. The second kappa shape index (κ2) is 9.18. The van der Waals surface area contributed by atoms with Crippen LogP contribution in [0.3, 0.4) is 0 Å². The monoisotopic (exact) mass is 412 g/mol. The molecule has 1 aliphatic heterocycles. The highest BCUT2D eigenvalue weighted by molar-refractivity contribution is 7.88. The molecule has 0 aromatic heterocycles. The highest BCUT2D eigenvalue weighted by Gasteiger charge is 2.25. The first-order valence-corrected chi connectivity index (χ1v) is 11.0. The lowest BCUT2D eigenvalue weighted by Crippen LogP contribution is -2.47. The van der Waals surface area contributed by atoms with Crippen LogP contribution in [-0.2, 0) is 22.2 Å². The van der Waals surface area contributed by atoms with E-state index in [1.54, 1.807) is 48.5 Å². The van der Waals surface area contributed by atoms with Crippen molar-refractivity contribution < 1.29 is 13.2 Å². The molecular formula is C21H24N4O3S. The molecule has 2 aromatic carbocycles. The number of sulfonamides is 1. The third-order valence-electron chi connectivity index (χ3n) is 4.92. The van der Waals surface area contributed by atoms with Gasteiger partial charge in [-0.25, -0.2) is 8.42 Å². The standard InChI is InChI=1S/C21H24N4O3S/c1-24-12-14-25(15-13-24)29(27,28)16-18-2-6-19(7-3-18)21(26)23-20-8-4-17(5-9-20)10-11-22/h2-9H,10,12-16H2,1H3,(H,23,26). The fourth-order valence-electron chi connectivity index (χ4n) is 3.12. The normalized spacial score (nSPS) is 15.6. The predicted octanol–water partition coefficient (Wildman–Crippen LogP) is 2.08. The van der Waals surface area contributed by atoms with Crippen molar-refractivity contribution in [1.82, 2.24) is 9.21 Å². The molecular weight excluding hydrogens is 388 g/mol. The fraction of sp³-hybridized carbons (Fsp3) is 0.333. The SMILES string of the molecule is CN1CCN(S(=O)(=O)Cc2ccc(C(=O)Nc3ccc(CC#N)cc3)cc2)CC1. The van der Waals surface area contributed by atoms with Gasteiger partial charge in [0.1, 0.15) is 0 Å². The first-order chi connectivity index (χ1) is 13.9. The van der Waals surface area contributed by atoms with Gasteiger partial charge in [0, 0.05) is 37.4 Å². The van der Waals surface area contributed by atoms with Crippen molar-refractivity contribution in [2.45, 2.75) is 12.2 Å². The van der Waals surface area contributed by atoms with Crippen LogP contribution in [0.25, 0.3) is 0 Å². The maximum Gasteiger partial charge on any atom is 0.255 e. The van der Waals surface area contributed by atoms with Gasteiger partial charge in [-0.2, -0.15) is 9.57 Å². The summed E-state index contributed by atoms with van der Waals surface area (Å²) in [5, 5.41) is 11.5. The number of amides is 1. The van der Waals surface area contributed by atoms with Gasteiger partial charge in [-0.05, 0) is 42.4 Å². The van der Waals surface area contributed by atoms with E-state index in [1.165, 1.54) is 4.31 Å². The smallest absolute Gasteiger partial charge is 0.255 e. The third-order valence-corrected chi connectivity index (χ3v) is 6.77. The average Bonchev–Trinajstić information content (AvgIpc) is 2.70. The minimum atomic E-state index is -3.37. The Morgan fingerprint density at radius 1 is 1.00 bits per heavy atom. The van der Waals surface area contributed by atoms with Crippen molar-refractivity contribution in [2.75, 3.05) is 38.5 Å². The number of hydrogen-bond donors (Lipinski definition) is 1. The summed E-state index contributed by atoms with van der Waals surface area (Å²) in [6.07, 6.45) is 0.326. The maximum atomic E-state index is 12.6. The molecule has 0 aliphatic carbocycles. The topological polar surface area (TPSA) is 93.5 Å². The molecule has 1 N–H and O–H groups in total. The van der Waals surface area contributed by atoms with Crippen LogP contribution >= 0.6 is 0 Å². The van der Waals surface area contributed by atoms with Crippen molar-refractivity contribution in [3.63, 3.8) is 0 Å². The van der Waals surface area contributed by atoms with E-state index in [2.05, 4.69) is 16.3 Å². The number of nitriles is 1. The van der Waals surface area contributed by atoms with Gasteiger partial charge in [-0.1, -0.05) is 24.3 Å². The Kier molecular flexibility index (Phi) is 6.64. The largest absolute Gasteiger partial charge is 0.322 e. The third kappa shape index (κ3) is 5.64. The van der Waals surface area contributed by atoms with Gasteiger partial charge in [0.05, 0.1) is 18.2 Å². The summed E-state index contributed by atoms with van der Waals surface area (Å²) in [6.45, 7) is 2.48. The number of likely N-dealkylation sites (N-methyl/N-ethyl adjacent to an activating group) is 1. The van der Waals surface area contributed by atoms with Crippen LogP contribution in [0.1, 0.15) is 21.5 Å². The Labute approximate surface area is 171 Å². The zero-order valence-corrected chi connectivity index (χ0v) is 17.2. The molecule has 1 amide bonds. The van der Waals surface area contributed by atoms with Gasteiger partial charge in [-0.15, -0.1) is 0 Å². The Balaban J connectivity index is 1.60. The van der Waals surface area contributed by atoms with Crippen molar-refractivity contribution in [2.24, 2.45) is 0 Å². The molecule has 0 saturated carbocycles. The molecule has 0 bridgehead atoms. The molecule has 2 aromatic rings. The van der Waals surface area contributed by atoms with E-state index in [-0.39, 0.29) is 11.7 Å². The summed E-state index contributed by atoms with van der Waals surface area (Å²) in [4.78, 5) is 14.5. The number of carbonyl (C=O) groups is 1. The number of piperazine rings is 1. The van der Waals surface area contributed by atoms with E-state index in [0.29, 0.717) is 36.3 Å². The quantitative estimate of drug-likeness (QED) is 0.784. The molecule has 29 heavy (non-hydrogen) atoms. The zero-order valence-electron chi connectivity index (χ0n) is 16.3. The van der Waals surface area contributed by atoms with Crippen LogP contribution in [-0.4, -0.2) is 56.8 Å². The molecule has 7 nitrogen and oxygen atoms in total. The summed E-state index contributed by atoms with van der Waals surface area (Å²) in [5.41, 5.74) is 2.63. The van der Waals surface area contributed by atoms with Crippen LogP contribution in [0.5, 0.6) is 0 Å². The molecule has 1 fully saturated rings. The molecule has 0 radical (unpaired) electrons. The lowest BCUT2D eigenvalue weighted by molar-refractivity contribution is 0.102. The minimum absolute atomic E-state index is 0.0705. The Morgan fingerprint density at radius 3 is 2.17 bits per heavy atom. The van der Waals surface area contributed by atoms with Crippen LogP contribution in [0.15, 0.2) is 48.5 Å². The number of anilines is 1. The van der Waals surface area contributed by atoms with E-state index in [0.717, 1.165) is 18.7 Å². The first kappa shape index (κ1) is 21.0. The lowest BCUT2D eigenvalue weighted by Gasteiger charge is -2.31. The molecule has 0 spiro atoms. The maximum absolute atomic E-state index is 12.6. The molecule has 0 atom stereocenters. The molecule has 8 heteroatoms. The first-order valence-electron chi connectivity index (χ1n) is 9.40. The molecule has 1 saturated heterocycles. The van der Waals surface area contributed by atoms with E-state index >= 15 is 0 Å². The van der Waals surface area contributed by atoms with Gasteiger partial charge in [0.25, 0.3) is 5.91 Å². The zero-order chi connectivity index (χ0) is 20.9. The summed E-state index contributed by atoms with van der Waals surface area (Å²) in [5.74, 6) is -0.342. The van der Waals surface area contributed by atoms with Gasteiger partial charge in [-0.3, -0.25) is 4.79 Å². The van der Waals surface area contributed by atoms with Crippen LogP contribution in [0, 0.1) is 11.3 Å². The van der Waals surface area contributed by atoms with Crippen molar-refractivity contribution in [3.05, 3.63) is 65.2 Å². The molecule has 1 aliphatic rings. The van der Waals surface area contributed by atoms with Crippen molar-refractivity contribution in [3.8, 4) is 6.07 Å². The minimum Gasteiger partial charge on any atom is -0.322 e. The molecule has 152 valence electrons. The van der Waals surface area contributed by atoms with E-state index in [1.807, 2.05) is 7.05 Å². The second-order valence-corrected chi connectivity index (χ2v) is 9.11. The van der Waals surface area contributed by atoms with Crippen LogP contribution in [0.2, 0.25) is 0 Å². The van der Waals surface area contributed by atoms with Crippen LogP contribution < -0.4 is 5.32 Å². The van der Waals surface area contributed by atoms with Crippen molar-refractivity contribution >= 4 is 21.6 Å². The number of rotatable bonds is 6. The number of nitrogens with zero attached hydrogens (tertiary/aromatic N) is 3. The lowest BCUT2D eigenvalue weighted by atomic mass is 10.1. The van der Waals surface area contributed by atoms with Crippen molar-refractivity contribution in [1.29, 1.82) is 5.26 Å². The number of nitrogens with one attached hydrogen (secondary N) is 1. The summed E-state index contributed by atoms with van der Waals surface area (Å²) in [7, 11) is -1.39. The highest BCUT2D eigenvalue weighted by Crippen LogP contribution is 2.16.